The topological polar surface area (TPSA) is 84.0 Å². The summed E-state index contributed by atoms with van der Waals surface area (Å²) in [6.07, 6.45) is 3.16. The fraction of sp³-hybridized carbons (Fsp3) is 0.619. The van der Waals surface area contributed by atoms with E-state index in [4.69, 9.17) is 9.47 Å². The quantitative estimate of drug-likeness (QED) is 0.325. The van der Waals surface area contributed by atoms with Crippen molar-refractivity contribution in [3.63, 3.8) is 0 Å². The van der Waals surface area contributed by atoms with E-state index in [2.05, 4.69) is 20.9 Å². The number of carbonyl (C=O) groups is 1. The number of nitrogens with zero attached hydrogens (tertiary/aromatic N) is 1. The van der Waals surface area contributed by atoms with Gasteiger partial charge in [0.2, 0.25) is 5.91 Å². The van der Waals surface area contributed by atoms with Crippen molar-refractivity contribution in [2.24, 2.45) is 10.9 Å². The molecule has 1 fully saturated rings. The Hall–Kier alpha value is -2.12. The zero-order chi connectivity index (χ0) is 20.0. The molecule has 1 aliphatic rings. The number of benzene rings is 1. The number of hydrogen-bond acceptors (Lipinski definition) is 4. The predicted molar refractivity (Wildman–Crippen MR) is 113 cm³/mol. The van der Waals surface area contributed by atoms with E-state index in [1.165, 1.54) is 6.92 Å². The molecule has 7 heteroatoms. The average molecular weight is 391 g/mol. The van der Waals surface area contributed by atoms with Crippen LogP contribution in [0.4, 0.5) is 5.69 Å². The summed E-state index contributed by atoms with van der Waals surface area (Å²) in [6.45, 7) is 9.03. The molecule has 1 amide bonds. The first-order valence-corrected chi connectivity index (χ1v) is 10.2. The third-order valence-corrected chi connectivity index (χ3v) is 4.46. The minimum absolute atomic E-state index is 0.0744. The van der Waals surface area contributed by atoms with Gasteiger partial charge in [-0.15, -0.1) is 0 Å². The summed E-state index contributed by atoms with van der Waals surface area (Å²) < 4.78 is 11.2. The molecule has 156 valence electrons. The maximum atomic E-state index is 11.2. The highest BCUT2D eigenvalue weighted by atomic mass is 16.5. The molecule has 28 heavy (non-hydrogen) atoms. The second kappa shape index (κ2) is 13.1. The third kappa shape index (κ3) is 9.19. The van der Waals surface area contributed by atoms with Crippen LogP contribution in [0.15, 0.2) is 29.3 Å². The molecule has 1 aromatic carbocycles. The first-order chi connectivity index (χ1) is 13.7. The maximum Gasteiger partial charge on any atom is 0.221 e. The lowest BCUT2D eigenvalue weighted by atomic mass is 10.0. The lowest BCUT2D eigenvalue weighted by Gasteiger charge is -2.21. The largest absolute Gasteiger partial charge is 0.381 e. The van der Waals surface area contributed by atoms with Gasteiger partial charge in [-0.2, -0.15) is 0 Å². The number of hydrogen-bond donors (Lipinski definition) is 3. The van der Waals surface area contributed by atoms with Crippen molar-refractivity contribution in [2.45, 2.75) is 39.7 Å². The average Bonchev–Trinajstić information content (AvgIpc) is 2.69. The van der Waals surface area contributed by atoms with E-state index < -0.39 is 0 Å². The van der Waals surface area contributed by atoms with Gasteiger partial charge in [0.15, 0.2) is 5.96 Å². The molecule has 0 aliphatic carbocycles. The molecule has 7 nitrogen and oxygen atoms in total. The van der Waals surface area contributed by atoms with Crippen molar-refractivity contribution in [3.8, 4) is 0 Å². The van der Waals surface area contributed by atoms with Gasteiger partial charge in [0.25, 0.3) is 0 Å². The van der Waals surface area contributed by atoms with Crippen LogP contribution >= 0.6 is 0 Å². The van der Waals surface area contributed by atoms with E-state index in [1.807, 2.05) is 31.2 Å². The summed E-state index contributed by atoms with van der Waals surface area (Å²) in [6, 6.07) is 7.74. The van der Waals surface area contributed by atoms with E-state index >= 15 is 0 Å². The summed E-state index contributed by atoms with van der Waals surface area (Å²) in [5, 5.41) is 9.40. The van der Waals surface area contributed by atoms with Crippen molar-refractivity contribution in [3.05, 3.63) is 29.8 Å². The van der Waals surface area contributed by atoms with E-state index in [0.29, 0.717) is 12.5 Å². The predicted octanol–water partition coefficient (Wildman–Crippen LogP) is 2.53. The standard InChI is InChI=1S/C21H34N4O3/c1-3-22-21(23-10-5-11-28-16-18-8-12-27-13-9-18)24-15-19-6-4-7-20(14-19)25-17(2)26/h4,6-7,14,18H,3,5,8-13,15-16H2,1-2H3,(H,25,26)(H2,22,23,24). The molecule has 1 heterocycles. The van der Waals surface area contributed by atoms with Crippen molar-refractivity contribution < 1.29 is 14.3 Å². The molecule has 1 aliphatic heterocycles. The zero-order valence-electron chi connectivity index (χ0n) is 17.1. The highest BCUT2D eigenvalue weighted by Crippen LogP contribution is 2.14. The Balaban J connectivity index is 1.69. The van der Waals surface area contributed by atoms with Gasteiger partial charge in [0, 0.05) is 52.1 Å². The van der Waals surface area contributed by atoms with E-state index in [-0.39, 0.29) is 5.91 Å². The van der Waals surface area contributed by atoms with E-state index in [9.17, 15) is 4.79 Å². The molecule has 0 saturated carbocycles. The number of rotatable bonds is 10. The highest BCUT2D eigenvalue weighted by molar-refractivity contribution is 5.88. The van der Waals surface area contributed by atoms with Crippen LogP contribution in [0.25, 0.3) is 0 Å². The highest BCUT2D eigenvalue weighted by Gasteiger charge is 2.13. The Bertz CT molecular complexity index is 615. The first-order valence-electron chi connectivity index (χ1n) is 10.2. The minimum Gasteiger partial charge on any atom is -0.381 e. The van der Waals surface area contributed by atoms with Gasteiger partial charge in [0.05, 0.1) is 6.54 Å². The van der Waals surface area contributed by atoms with Crippen LogP contribution in [-0.4, -0.2) is 51.4 Å². The molecule has 0 radical (unpaired) electrons. The Morgan fingerprint density at radius 2 is 2.11 bits per heavy atom. The summed E-state index contributed by atoms with van der Waals surface area (Å²) in [5.41, 5.74) is 1.84. The molecule has 0 bridgehead atoms. The number of guanidine groups is 1. The lowest BCUT2D eigenvalue weighted by molar-refractivity contribution is -0.114. The summed E-state index contributed by atoms with van der Waals surface area (Å²) >= 11 is 0. The van der Waals surface area contributed by atoms with Gasteiger partial charge in [-0.05, 0) is 49.8 Å². The minimum atomic E-state index is -0.0744. The molecule has 0 atom stereocenters. The smallest absolute Gasteiger partial charge is 0.221 e. The van der Waals surface area contributed by atoms with Crippen molar-refractivity contribution >= 4 is 17.6 Å². The Morgan fingerprint density at radius 1 is 1.29 bits per heavy atom. The fourth-order valence-corrected chi connectivity index (χ4v) is 3.01. The lowest BCUT2D eigenvalue weighted by Crippen LogP contribution is -2.38. The van der Waals surface area contributed by atoms with Crippen LogP contribution in [0.2, 0.25) is 0 Å². The normalized spacial score (nSPS) is 15.3. The third-order valence-electron chi connectivity index (χ3n) is 4.46. The van der Waals surface area contributed by atoms with Crippen LogP contribution in [0.3, 0.4) is 0 Å². The number of carbonyl (C=O) groups excluding carboxylic acids is 1. The Morgan fingerprint density at radius 3 is 2.86 bits per heavy atom. The molecule has 3 N–H and O–H groups in total. The summed E-state index contributed by atoms with van der Waals surface area (Å²) in [5.74, 6) is 1.36. The van der Waals surface area contributed by atoms with Crippen molar-refractivity contribution in [1.29, 1.82) is 0 Å². The Kier molecular flexibility index (Phi) is 10.4. The molecule has 1 saturated heterocycles. The van der Waals surface area contributed by atoms with Crippen LogP contribution in [0, 0.1) is 5.92 Å². The van der Waals surface area contributed by atoms with Gasteiger partial charge >= 0.3 is 0 Å². The molecule has 0 aromatic heterocycles. The maximum absolute atomic E-state index is 11.2. The van der Waals surface area contributed by atoms with Crippen LogP contribution < -0.4 is 16.0 Å². The van der Waals surface area contributed by atoms with Crippen LogP contribution in [-0.2, 0) is 20.8 Å². The molecular formula is C21H34N4O3. The van der Waals surface area contributed by atoms with Gasteiger partial charge < -0.3 is 25.4 Å². The van der Waals surface area contributed by atoms with Crippen LogP contribution in [0.5, 0.6) is 0 Å². The number of ether oxygens (including phenoxy) is 2. The van der Waals surface area contributed by atoms with E-state index in [1.54, 1.807) is 0 Å². The zero-order valence-corrected chi connectivity index (χ0v) is 17.1. The van der Waals surface area contributed by atoms with Crippen molar-refractivity contribution in [1.82, 2.24) is 10.6 Å². The van der Waals surface area contributed by atoms with Gasteiger partial charge in [-0.3, -0.25) is 4.79 Å². The number of aliphatic imine (C=N–C) groups is 1. The van der Waals surface area contributed by atoms with Crippen LogP contribution in [0.1, 0.15) is 38.7 Å². The molecule has 0 unspecified atom stereocenters. The van der Waals surface area contributed by atoms with Crippen molar-refractivity contribution in [2.75, 3.05) is 44.8 Å². The molecule has 2 rings (SSSR count). The summed E-state index contributed by atoms with van der Waals surface area (Å²) in [7, 11) is 0. The SMILES string of the molecule is CCNC(=NCc1cccc(NC(C)=O)c1)NCCCOCC1CCOCC1. The monoisotopic (exact) mass is 390 g/mol. The van der Waals surface area contributed by atoms with Gasteiger partial charge in [-0.1, -0.05) is 12.1 Å². The molecule has 0 spiro atoms. The molecule has 1 aromatic rings. The van der Waals surface area contributed by atoms with E-state index in [0.717, 1.165) is 76.0 Å². The fourth-order valence-electron chi connectivity index (χ4n) is 3.01. The van der Waals surface area contributed by atoms with Gasteiger partial charge in [-0.25, -0.2) is 4.99 Å². The number of nitrogens with one attached hydrogen (secondary N) is 3. The second-order valence-electron chi connectivity index (χ2n) is 6.99. The number of amides is 1. The number of anilines is 1. The molecular weight excluding hydrogens is 356 g/mol. The van der Waals surface area contributed by atoms with Gasteiger partial charge in [0.1, 0.15) is 0 Å². The second-order valence-corrected chi connectivity index (χ2v) is 6.99. The first kappa shape index (κ1) is 22.2. The summed E-state index contributed by atoms with van der Waals surface area (Å²) in [4.78, 5) is 15.8. The Labute approximate surface area is 168 Å².